The molecule has 2 fully saturated rings. The maximum Gasteiger partial charge on any atom is 0.309 e. The minimum atomic E-state index is -0.723. The van der Waals surface area contributed by atoms with Gasteiger partial charge in [-0.25, -0.2) is 0 Å². The van der Waals surface area contributed by atoms with E-state index in [1.54, 1.807) is 0 Å². The van der Waals surface area contributed by atoms with Crippen molar-refractivity contribution in [3.8, 4) is 0 Å². The third kappa shape index (κ3) is 47.3. The summed E-state index contributed by atoms with van der Waals surface area (Å²) < 4.78 is 22.4. The van der Waals surface area contributed by atoms with E-state index in [1.807, 2.05) is 0 Å². The van der Waals surface area contributed by atoms with Crippen LogP contribution in [0.4, 0.5) is 0 Å². The van der Waals surface area contributed by atoms with Gasteiger partial charge in [-0.1, -0.05) is 181 Å². The normalized spacial score (nSPS) is 14.5. The van der Waals surface area contributed by atoms with E-state index in [-0.39, 0.29) is 48.6 Å². The number of piperidine rings is 2. The minimum absolute atomic E-state index is 0.000131. The first-order valence-electron chi connectivity index (χ1n) is 33.3. The van der Waals surface area contributed by atoms with Gasteiger partial charge in [-0.05, 0) is 142 Å². The van der Waals surface area contributed by atoms with Gasteiger partial charge in [0.1, 0.15) is 0 Å². The van der Waals surface area contributed by atoms with Crippen molar-refractivity contribution in [2.24, 2.45) is 23.7 Å². The molecule has 80 heavy (non-hydrogen) atoms. The molecule has 0 bridgehead atoms. The first-order chi connectivity index (χ1) is 38.8. The number of rotatable bonds is 52. The predicted octanol–water partition coefficient (Wildman–Crippen LogP) is 15.9. The Morgan fingerprint density at radius 2 is 0.625 bits per heavy atom. The van der Waals surface area contributed by atoms with Crippen molar-refractivity contribution in [2.45, 2.75) is 296 Å². The van der Waals surface area contributed by atoms with Crippen LogP contribution in [0, 0.1) is 23.7 Å². The Morgan fingerprint density at radius 3 is 0.925 bits per heavy atom. The summed E-state index contributed by atoms with van der Waals surface area (Å²) in [5, 5.41) is 17.4. The Kier molecular flexibility index (Phi) is 50.2. The quantitative estimate of drug-likeness (QED) is 0.0333. The van der Waals surface area contributed by atoms with Gasteiger partial charge in [-0.15, -0.1) is 0 Å². The zero-order valence-electron chi connectivity index (χ0n) is 52.0. The maximum atomic E-state index is 12.8. The van der Waals surface area contributed by atoms with Gasteiger partial charge in [0.2, 0.25) is 0 Å². The van der Waals surface area contributed by atoms with Crippen LogP contribution in [0.2, 0.25) is 0 Å². The molecule has 2 saturated heterocycles. The number of nitrogens with zero attached hydrogens (tertiary/aromatic N) is 2. The van der Waals surface area contributed by atoms with Gasteiger partial charge in [0, 0.05) is 25.7 Å². The molecular weight excluding hydrogens is 1010 g/mol. The molecule has 2 rings (SSSR count). The molecule has 0 spiro atoms. The molecule has 0 aromatic heterocycles. The molecular formula is C66H122N2O12. The van der Waals surface area contributed by atoms with E-state index in [4.69, 9.17) is 29.2 Å². The van der Waals surface area contributed by atoms with Gasteiger partial charge >= 0.3 is 35.8 Å². The Balaban J connectivity index is 0.000000867. The molecule has 0 unspecified atom stereocenters. The number of carbonyl (C=O) groups excluding carboxylic acids is 4. The lowest BCUT2D eigenvalue weighted by molar-refractivity contribution is -0.152. The first-order valence-corrected chi connectivity index (χ1v) is 33.3. The fourth-order valence-corrected chi connectivity index (χ4v) is 11.0. The van der Waals surface area contributed by atoms with E-state index < -0.39 is 11.9 Å². The molecule has 0 aromatic carbocycles. The van der Waals surface area contributed by atoms with Crippen molar-refractivity contribution in [3.05, 3.63) is 0 Å². The van der Waals surface area contributed by atoms with Crippen molar-refractivity contribution >= 4 is 35.8 Å². The zero-order chi connectivity index (χ0) is 58.5. The number of aliphatic carboxylic acids is 2. The third-order valence-corrected chi connectivity index (χ3v) is 16.5. The van der Waals surface area contributed by atoms with Crippen LogP contribution in [-0.2, 0) is 47.7 Å². The molecule has 14 heteroatoms. The smallest absolute Gasteiger partial charge is 0.309 e. The lowest BCUT2D eigenvalue weighted by Crippen LogP contribution is -2.34. The van der Waals surface area contributed by atoms with Crippen LogP contribution in [0.1, 0.15) is 296 Å². The van der Waals surface area contributed by atoms with E-state index in [1.165, 1.54) is 51.4 Å². The number of likely N-dealkylation sites (tertiary alicyclic amines) is 2. The van der Waals surface area contributed by atoms with Crippen LogP contribution >= 0.6 is 0 Å². The fraction of sp³-hybridized carbons (Fsp3) is 0.909. The molecule has 0 aromatic rings. The molecule has 14 nitrogen and oxygen atoms in total. The summed E-state index contributed by atoms with van der Waals surface area (Å²) in [6.07, 6.45) is 44.5. The van der Waals surface area contributed by atoms with E-state index in [9.17, 15) is 28.8 Å². The van der Waals surface area contributed by atoms with Crippen molar-refractivity contribution < 1.29 is 57.9 Å². The molecule has 2 aliphatic rings. The second kappa shape index (κ2) is 53.7. The molecule has 0 aliphatic carbocycles. The number of ether oxygens (including phenoxy) is 4. The molecule has 0 amide bonds. The maximum absolute atomic E-state index is 12.8. The largest absolute Gasteiger partial charge is 0.481 e. The van der Waals surface area contributed by atoms with Gasteiger partial charge < -0.3 is 39.0 Å². The molecule has 2 N–H and O–H groups in total. The monoisotopic (exact) mass is 1130 g/mol. The van der Waals surface area contributed by atoms with Gasteiger partial charge in [0.15, 0.2) is 0 Å². The van der Waals surface area contributed by atoms with E-state index >= 15 is 0 Å². The number of carboxylic acids is 2. The van der Waals surface area contributed by atoms with Crippen molar-refractivity contribution in [3.63, 3.8) is 0 Å². The standard InChI is InChI=1S/C41H77NO6.C25H45NO6/c1-4-6-8-10-18-24-34-46-39(43)28-22-16-12-14-20-26-37(36-48-41(45)38-30-32-42(3)33-31-38)27-21-15-13-17-23-29-40(44)47-35-25-19-11-9-7-5-2;1-26-18-16-22(17-19-26)25(31)32-20-21(12-8-4-2-6-10-14-23(27)28)13-9-5-3-7-11-15-24(29)30/h37-38H,4-36H2,1-3H3;21-22H,2-20H2,1H3,(H,27,28)(H,29,30). The van der Waals surface area contributed by atoms with E-state index in [2.05, 4.69) is 37.7 Å². The Bertz CT molecular complexity index is 1440. The Labute approximate surface area is 488 Å². The molecule has 468 valence electrons. The highest BCUT2D eigenvalue weighted by molar-refractivity contribution is 5.73. The number of hydrogen-bond donors (Lipinski definition) is 2. The van der Waals surface area contributed by atoms with Gasteiger partial charge in [-0.2, -0.15) is 0 Å². The van der Waals surface area contributed by atoms with E-state index in [0.717, 1.165) is 232 Å². The van der Waals surface area contributed by atoms with Crippen molar-refractivity contribution in [1.82, 2.24) is 9.80 Å². The number of esters is 4. The lowest BCUT2D eigenvalue weighted by atomic mass is 9.94. The summed E-state index contributed by atoms with van der Waals surface area (Å²) in [4.78, 5) is 75.0. The molecule has 2 heterocycles. The summed E-state index contributed by atoms with van der Waals surface area (Å²) in [6.45, 7) is 10.5. The molecule has 0 atom stereocenters. The number of carboxylic acid groups (broad SMARTS) is 2. The van der Waals surface area contributed by atoms with Crippen LogP contribution < -0.4 is 0 Å². The predicted molar refractivity (Wildman–Crippen MR) is 323 cm³/mol. The molecule has 0 radical (unpaired) electrons. The Hall–Kier alpha value is -3.26. The second-order valence-corrected chi connectivity index (χ2v) is 24.1. The van der Waals surface area contributed by atoms with Gasteiger partial charge in [0.05, 0.1) is 38.3 Å². The van der Waals surface area contributed by atoms with Gasteiger partial charge in [-0.3, -0.25) is 28.8 Å². The highest BCUT2D eigenvalue weighted by Crippen LogP contribution is 2.25. The second-order valence-electron chi connectivity index (χ2n) is 24.1. The van der Waals surface area contributed by atoms with Crippen LogP contribution in [-0.4, -0.2) is 123 Å². The van der Waals surface area contributed by atoms with Crippen LogP contribution in [0.25, 0.3) is 0 Å². The SMILES string of the molecule is CCCCCCCCOC(=O)CCCCCCCC(CCCCCCCC(=O)OCCCCCCCC)COC(=O)C1CCN(C)CC1.CN1CCC(C(=O)OCC(CCCCCCCC(=O)O)CCCCCCCC(=O)O)CC1. The highest BCUT2D eigenvalue weighted by Gasteiger charge is 2.27. The summed E-state index contributed by atoms with van der Waals surface area (Å²) in [6, 6.07) is 0. The number of carbonyl (C=O) groups is 6. The third-order valence-electron chi connectivity index (χ3n) is 16.5. The van der Waals surface area contributed by atoms with Gasteiger partial charge in [0.25, 0.3) is 0 Å². The minimum Gasteiger partial charge on any atom is -0.481 e. The Morgan fingerprint density at radius 1 is 0.362 bits per heavy atom. The zero-order valence-corrected chi connectivity index (χ0v) is 52.0. The summed E-state index contributed by atoms with van der Waals surface area (Å²) in [5.41, 5.74) is 0. The summed E-state index contributed by atoms with van der Waals surface area (Å²) >= 11 is 0. The van der Waals surface area contributed by atoms with Crippen molar-refractivity contribution in [1.29, 1.82) is 0 Å². The number of unbranched alkanes of at least 4 members (excludes halogenated alkanes) is 26. The molecule has 2 aliphatic heterocycles. The average molecular weight is 1140 g/mol. The van der Waals surface area contributed by atoms with Crippen LogP contribution in [0.15, 0.2) is 0 Å². The topological polar surface area (TPSA) is 186 Å². The average Bonchev–Trinajstić information content (AvgIpc) is 3.44. The number of hydrogen-bond acceptors (Lipinski definition) is 12. The first kappa shape index (κ1) is 74.8. The summed E-state index contributed by atoms with van der Waals surface area (Å²) in [7, 11) is 4.20. The molecule has 0 saturated carbocycles. The lowest BCUT2D eigenvalue weighted by Gasteiger charge is -2.28. The summed E-state index contributed by atoms with van der Waals surface area (Å²) in [5.74, 6) is -0.689. The van der Waals surface area contributed by atoms with Crippen molar-refractivity contribution in [2.75, 3.05) is 66.7 Å². The highest BCUT2D eigenvalue weighted by atomic mass is 16.5. The van der Waals surface area contributed by atoms with E-state index in [0.29, 0.717) is 51.1 Å². The van der Waals surface area contributed by atoms with Crippen LogP contribution in [0.5, 0.6) is 0 Å². The van der Waals surface area contributed by atoms with Crippen LogP contribution in [0.3, 0.4) is 0 Å². The fourth-order valence-electron chi connectivity index (χ4n) is 11.0.